The quantitative estimate of drug-likeness (QED) is 0.643. The predicted molar refractivity (Wildman–Crippen MR) is 110 cm³/mol. The molecule has 0 unspecified atom stereocenters. The second kappa shape index (κ2) is 7.28. The molecule has 2 heterocycles. The third kappa shape index (κ3) is 3.17. The Morgan fingerprint density at radius 2 is 2.00 bits per heavy atom. The molecular weight excluding hydrogens is 384 g/mol. The zero-order valence-electron chi connectivity index (χ0n) is 17.4. The number of alkyl halides is 2. The van der Waals surface area contributed by atoms with Crippen molar-refractivity contribution in [2.45, 2.75) is 51.5 Å². The van der Waals surface area contributed by atoms with Crippen molar-refractivity contribution in [1.82, 2.24) is 14.5 Å². The topological polar surface area (TPSA) is 66.9 Å². The molecule has 4 rings (SSSR count). The molecular formula is C23H23F2N5. The number of hydrogen-bond donors (Lipinski definition) is 0. The van der Waals surface area contributed by atoms with E-state index < -0.39 is 11.8 Å². The number of pyridine rings is 1. The molecule has 1 aromatic carbocycles. The molecule has 0 N–H and O–H groups in total. The fourth-order valence-electron chi connectivity index (χ4n) is 3.93. The van der Waals surface area contributed by atoms with E-state index in [9.17, 15) is 14.0 Å². The average Bonchev–Trinajstić information content (AvgIpc) is 3.54. The van der Waals surface area contributed by atoms with Crippen LogP contribution in [0, 0.1) is 25.2 Å². The first kappa shape index (κ1) is 20.1. The van der Waals surface area contributed by atoms with Crippen LogP contribution in [0.5, 0.6) is 0 Å². The highest BCUT2D eigenvalue weighted by Crippen LogP contribution is 2.52. The summed E-state index contributed by atoms with van der Waals surface area (Å²) >= 11 is 0. The smallest absolute Gasteiger partial charge is 0.249 e. The van der Waals surface area contributed by atoms with Crippen LogP contribution in [0.15, 0.2) is 35.5 Å². The monoisotopic (exact) mass is 407 g/mol. The number of nitriles is 1. The zero-order valence-corrected chi connectivity index (χ0v) is 17.4. The minimum absolute atomic E-state index is 0.247. The van der Waals surface area contributed by atoms with E-state index in [1.54, 1.807) is 18.3 Å². The first-order valence-electron chi connectivity index (χ1n) is 9.94. The van der Waals surface area contributed by atoms with Crippen LogP contribution in [-0.4, -0.2) is 21.0 Å². The maximum atomic E-state index is 13.6. The minimum atomic E-state index is -2.44. The number of halogens is 2. The average molecular weight is 407 g/mol. The van der Waals surface area contributed by atoms with Crippen molar-refractivity contribution in [2.24, 2.45) is 12.0 Å². The Balaban J connectivity index is 1.92. The van der Waals surface area contributed by atoms with Crippen molar-refractivity contribution in [3.05, 3.63) is 64.2 Å². The first-order chi connectivity index (χ1) is 14.3. The van der Waals surface area contributed by atoms with Crippen molar-refractivity contribution < 1.29 is 8.78 Å². The molecule has 0 spiro atoms. The number of nitrogens with zero attached hydrogens (tertiary/aromatic N) is 5. The Labute approximate surface area is 173 Å². The van der Waals surface area contributed by atoms with Crippen LogP contribution in [0.3, 0.4) is 0 Å². The number of aryl methyl sites for hydroxylation is 2. The third-order valence-electron chi connectivity index (χ3n) is 6.22. The number of benzene rings is 1. The van der Waals surface area contributed by atoms with Gasteiger partial charge in [0.2, 0.25) is 6.43 Å². The number of rotatable bonds is 4. The summed E-state index contributed by atoms with van der Waals surface area (Å²) < 4.78 is 29.2. The Bertz CT molecular complexity index is 1250. The Morgan fingerprint density at radius 1 is 1.27 bits per heavy atom. The number of fused-ring (bicyclic) bond motifs is 1. The molecule has 2 aromatic heterocycles. The van der Waals surface area contributed by atoms with E-state index in [4.69, 9.17) is 4.99 Å². The van der Waals surface area contributed by atoms with Gasteiger partial charge in [0.05, 0.1) is 40.5 Å². The molecule has 5 nitrogen and oxygen atoms in total. The lowest BCUT2D eigenvalue weighted by Gasteiger charge is -2.16. The van der Waals surface area contributed by atoms with Gasteiger partial charge in [-0.15, -0.1) is 0 Å². The van der Waals surface area contributed by atoms with Crippen molar-refractivity contribution >= 4 is 10.9 Å². The highest BCUT2D eigenvalue weighted by Gasteiger charge is 2.53. The van der Waals surface area contributed by atoms with Gasteiger partial charge >= 0.3 is 0 Å². The summed E-state index contributed by atoms with van der Waals surface area (Å²) in [6, 6.07) is 9.26. The second-order valence-corrected chi connectivity index (χ2v) is 8.02. The van der Waals surface area contributed by atoms with Crippen molar-refractivity contribution in [2.75, 3.05) is 0 Å². The van der Waals surface area contributed by atoms with Crippen LogP contribution in [0.25, 0.3) is 10.9 Å². The lowest BCUT2D eigenvalue weighted by atomic mass is 9.98. The van der Waals surface area contributed by atoms with Gasteiger partial charge in [0.25, 0.3) is 0 Å². The first-order valence-corrected chi connectivity index (χ1v) is 9.94. The zero-order chi connectivity index (χ0) is 21.6. The third-order valence-corrected chi connectivity index (χ3v) is 6.22. The predicted octanol–water partition coefficient (Wildman–Crippen LogP) is 4.42. The maximum absolute atomic E-state index is 13.6. The maximum Gasteiger partial charge on any atom is 0.249 e. The molecule has 1 aliphatic rings. The SMILES string of the molecule is Cc1c(C#N)cccc1[C@@H](C)N=c1nc(C)n(C)c2cnc(C3(C(F)F)CC3)cc12. The highest BCUT2D eigenvalue weighted by atomic mass is 19.3. The van der Waals surface area contributed by atoms with Crippen molar-refractivity contribution in [3.8, 4) is 6.07 Å². The molecule has 3 aromatic rings. The number of hydrogen-bond acceptors (Lipinski definition) is 4. The molecule has 1 atom stereocenters. The second-order valence-electron chi connectivity index (χ2n) is 8.02. The van der Waals surface area contributed by atoms with Crippen molar-refractivity contribution in [1.29, 1.82) is 5.26 Å². The van der Waals surface area contributed by atoms with Gasteiger partial charge in [-0.2, -0.15) is 5.26 Å². The summed E-state index contributed by atoms with van der Waals surface area (Å²) in [5, 5.41) is 10.0. The Kier molecular flexibility index (Phi) is 4.89. The van der Waals surface area contributed by atoms with Crippen LogP contribution < -0.4 is 5.49 Å². The van der Waals surface area contributed by atoms with E-state index in [1.807, 2.05) is 44.5 Å². The van der Waals surface area contributed by atoms with Crippen molar-refractivity contribution in [3.63, 3.8) is 0 Å². The molecule has 1 saturated carbocycles. The van der Waals surface area contributed by atoms with Gasteiger partial charge in [-0.25, -0.2) is 13.8 Å². The molecule has 154 valence electrons. The van der Waals surface area contributed by atoms with Crippen LogP contribution in [0.2, 0.25) is 0 Å². The van der Waals surface area contributed by atoms with E-state index in [1.165, 1.54) is 0 Å². The lowest BCUT2D eigenvalue weighted by molar-refractivity contribution is 0.0999. The summed E-state index contributed by atoms with van der Waals surface area (Å²) in [7, 11) is 1.87. The highest BCUT2D eigenvalue weighted by molar-refractivity contribution is 5.78. The fourth-order valence-corrected chi connectivity index (χ4v) is 3.93. The number of aromatic nitrogens is 3. The van der Waals surface area contributed by atoms with E-state index in [0.29, 0.717) is 35.0 Å². The van der Waals surface area contributed by atoms with Gasteiger partial charge in [0.15, 0.2) is 5.49 Å². The Morgan fingerprint density at radius 3 is 2.63 bits per heavy atom. The molecule has 0 bridgehead atoms. The summed E-state index contributed by atoms with van der Waals surface area (Å²) in [6.45, 7) is 5.73. The molecule has 0 aliphatic heterocycles. The minimum Gasteiger partial charge on any atom is -0.331 e. The normalized spacial score (nSPS) is 16.7. The molecule has 1 fully saturated rings. The fraction of sp³-hybridized carbons (Fsp3) is 0.391. The van der Waals surface area contributed by atoms with E-state index in [0.717, 1.165) is 22.5 Å². The Hall–Kier alpha value is -3.14. The molecule has 1 aliphatic carbocycles. The van der Waals surface area contributed by atoms with Crippen LogP contribution >= 0.6 is 0 Å². The molecule has 7 heteroatoms. The van der Waals surface area contributed by atoms with Gasteiger partial charge in [-0.05, 0) is 56.9 Å². The summed E-state index contributed by atoms with van der Waals surface area (Å²) in [4.78, 5) is 13.9. The van der Waals surface area contributed by atoms with Gasteiger partial charge in [0, 0.05) is 12.4 Å². The summed E-state index contributed by atoms with van der Waals surface area (Å²) in [5.41, 5.74) is 3.00. The van der Waals surface area contributed by atoms with Gasteiger partial charge in [-0.1, -0.05) is 12.1 Å². The van der Waals surface area contributed by atoms with Gasteiger partial charge in [0.1, 0.15) is 5.82 Å². The van der Waals surface area contributed by atoms with E-state index >= 15 is 0 Å². The van der Waals surface area contributed by atoms with E-state index in [-0.39, 0.29) is 6.04 Å². The summed E-state index contributed by atoms with van der Waals surface area (Å²) in [6.07, 6.45) is 0.0905. The van der Waals surface area contributed by atoms with E-state index in [2.05, 4.69) is 16.0 Å². The molecule has 0 amide bonds. The van der Waals surface area contributed by atoms with Crippen LogP contribution in [0.1, 0.15) is 54.0 Å². The molecule has 30 heavy (non-hydrogen) atoms. The molecule has 0 radical (unpaired) electrons. The van der Waals surface area contributed by atoms with Crippen LogP contribution in [-0.2, 0) is 12.5 Å². The largest absolute Gasteiger partial charge is 0.331 e. The lowest BCUT2D eigenvalue weighted by Crippen LogP contribution is -2.22. The standard InChI is InChI=1S/C23H23F2N5/c1-13-16(11-26)6-5-7-17(13)14(2)28-21-18-10-20(23(8-9-23)22(24)25)27-12-19(18)30(4)15(3)29-21/h5-7,10,12,14,22H,8-9H2,1-4H3/t14-/m1/s1. The summed E-state index contributed by atoms with van der Waals surface area (Å²) in [5.74, 6) is 0.750. The van der Waals surface area contributed by atoms with Gasteiger partial charge < -0.3 is 4.57 Å². The van der Waals surface area contributed by atoms with Crippen LogP contribution in [0.4, 0.5) is 8.78 Å². The van der Waals surface area contributed by atoms with Gasteiger partial charge in [-0.3, -0.25) is 9.98 Å². The molecule has 0 saturated heterocycles.